The van der Waals surface area contributed by atoms with Gasteiger partial charge >= 0.3 is 0 Å². The fourth-order valence-corrected chi connectivity index (χ4v) is 1.55. The topological polar surface area (TPSA) is 67.6 Å². The molecule has 3 N–H and O–H groups in total. The van der Waals surface area contributed by atoms with E-state index in [4.69, 9.17) is 5.73 Å². The number of aromatic amines is 1. The minimum atomic E-state index is 0.754. The number of fused-ring (bicyclic) bond motifs is 1. The van der Waals surface area contributed by atoms with Crippen LogP contribution < -0.4 is 5.73 Å². The number of pyridine rings is 1. The van der Waals surface area contributed by atoms with E-state index in [1.54, 1.807) is 0 Å². The first-order chi connectivity index (χ1) is 6.63. The first-order valence-electron chi connectivity index (χ1n) is 4.74. The van der Waals surface area contributed by atoms with E-state index in [0.717, 1.165) is 40.4 Å². The van der Waals surface area contributed by atoms with Crippen molar-refractivity contribution in [2.24, 2.45) is 0 Å². The molecule has 4 heteroatoms. The highest BCUT2D eigenvalue weighted by atomic mass is 15.0. The van der Waals surface area contributed by atoms with Crippen LogP contribution in [0.4, 0.5) is 5.69 Å². The molecule has 4 nitrogen and oxygen atoms in total. The molecule has 0 atom stereocenters. The van der Waals surface area contributed by atoms with Crippen LogP contribution in [0.25, 0.3) is 11.2 Å². The van der Waals surface area contributed by atoms with Crippen LogP contribution in [0, 0.1) is 13.8 Å². The molecule has 2 rings (SSSR count). The molecule has 0 bridgehead atoms. The van der Waals surface area contributed by atoms with Gasteiger partial charge in [-0.1, -0.05) is 6.92 Å². The lowest BCUT2D eigenvalue weighted by Gasteiger charge is -2.03. The van der Waals surface area contributed by atoms with Crippen LogP contribution in [-0.4, -0.2) is 15.0 Å². The first-order valence-corrected chi connectivity index (χ1v) is 4.74. The Morgan fingerprint density at radius 1 is 1.29 bits per heavy atom. The summed E-state index contributed by atoms with van der Waals surface area (Å²) in [7, 11) is 0. The molecule has 0 fully saturated rings. The number of nitrogens with one attached hydrogen (secondary N) is 1. The highest BCUT2D eigenvalue weighted by molar-refractivity contribution is 5.80. The number of nitrogens with two attached hydrogens (primary N) is 1. The van der Waals surface area contributed by atoms with E-state index in [9.17, 15) is 0 Å². The van der Waals surface area contributed by atoms with Gasteiger partial charge in [-0.3, -0.25) is 0 Å². The Kier molecular flexibility index (Phi) is 1.91. The quantitative estimate of drug-likeness (QED) is 0.719. The Hall–Kier alpha value is -1.58. The first kappa shape index (κ1) is 8.99. The van der Waals surface area contributed by atoms with E-state index >= 15 is 0 Å². The van der Waals surface area contributed by atoms with Gasteiger partial charge in [0.05, 0.1) is 16.9 Å². The maximum Gasteiger partial charge on any atom is 0.178 e. The van der Waals surface area contributed by atoms with E-state index in [0.29, 0.717) is 0 Å². The van der Waals surface area contributed by atoms with Gasteiger partial charge in [0.15, 0.2) is 5.65 Å². The second kappa shape index (κ2) is 2.97. The van der Waals surface area contributed by atoms with Crippen molar-refractivity contribution in [1.82, 2.24) is 15.0 Å². The third-order valence-electron chi connectivity index (χ3n) is 2.51. The van der Waals surface area contributed by atoms with Crippen LogP contribution in [0.2, 0.25) is 0 Å². The molecular formula is C10H14N4. The summed E-state index contributed by atoms with van der Waals surface area (Å²) in [6, 6.07) is 0. The summed E-state index contributed by atoms with van der Waals surface area (Å²) in [5.74, 6) is 0.959. The van der Waals surface area contributed by atoms with Gasteiger partial charge in [0.25, 0.3) is 0 Å². The molecule has 0 radical (unpaired) electrons. The summed E-state index contributed by atoms with van der Waals surface area (Å²) >= 11 is 0. The monoisotopic (exact) mass is 190 g/mol. The fraction of sp³-hybridized carbons (Fsp3) is 0.400. The van der Waals surface area contributed by atoms with Gasteiger partial charge in [0, 0.05) is 12.0 Å². The summed E-state index contributed by atoms with van der Waals surface area (Å²) in [5.41, 5.74) is 10.3. The standard InChI is InChI=1S/C10H14N4/c1-4-7-13-9-5(2)8(11)6(3)12-10(9)14-7/h4,11H2,1-3H3,(H,12,13,14). The summed E-state index contributed by atoms with van der Waals surface area (Å²) in [6.45, 7) is 5.95. The van der Waals surface area contributed by atoms with Crippen LogP contribution in [0.15, 0.2) is 0 Å². The van der Waals surface area contributed by atoms with Crippen molar-refractivity contribution in [2.45, 2.75) is 27.2 Å². The van der Waals surface area contributed by atoms with Gasteiger partial charge in [0.2, 0.25) is 0 Å². The van der Waals surface area contributed by atoms with Gasteiger partial charge in [0.1, 0.15) is 5.82 Å². The molecule has 0 spiro atoms. The van der Waals surface area contributed by atoms with Crippen molar-refractivity contribution in [1.29, 1.82) is 0 Å². The SMILES string of the molecule is CCc1nc2nc(C)c(N)c(C)c2[nH]1. The highest BCUT2D eigenvalue weighted by Crippen LogP contribution is 2.22. The molecule has 2 aromatic rings. The van der Waals surface area contributed by atoms with Crippen molar-refractivity contribution < 1.29 is 0 Å². The van der Waals surface area contributed by atoms with Crippen LogP contribution in [-0.2, 0) is 6.42 Å². The average molecular weight is 190 g/mol. The minimum absolute atomic E-state index is 0.754. The second-order valence-electron chi connectivity index (χ2n) is 3.47. The van der Waals surface area contributed by atoms with Crippen molar-refractivity contribution in [3.8, 4) is 0 Å². The second-order valence-corrected chi connectivity index (χ2v) is 3.47. The van der Waals surface area contributed by atoms with E-state index in [2.05, 4.69) is 21.9 Å². The Labute approximate surface area is 82.6 Å². The van der Waals surface area contributed by atoms with Gasteiger partial charge in [-0.2, -0.15) is 0 Å². The summed E-state index contributed by atoms with van der Waals surface area (Å²) in [5, 5.41) is 0. The lowest BCUT2D eigenvalue weighted by Crippen LogP contribution is -1.97. The third-order valence-corrected chi connectivity index (χ3v) is 2.51. The molecule has 0 saturated heterocycles. The van der Waals surface area contributed by atoms with Crippen LogP contribution in [0.1, 0.15) is 24.0 Å². The number of aromatic nitrogens is 3. The van der Waals surface area contributed by atoms with Gasteiger partial charge < -0.3 is 10.7 Å². The molecule has 74 valence electrons. The number of aryl methyl sites for hydroxylation is 3. The normalized spacial score (nSPS) is 11.1. The molecule has 14 heavy (non-hydrogen) atoms. The van der Waals surface area contributed by atoms with Crippen LogP contribution in [0.5, 0.6) is 0 Å². The molecule has 2 heterocycles. The van der Waals surface area contributed by atoms with Crippen molar-refractivity contribution in [2.75, 3.05) is 5.73 Å². The molecule has 0 unspecified atom stereocenters. The summed E-state index contributed by atoms with van der Waals surface area (Å²) < 4.78 is 0. The van der Waals surface area contributed by atoms with Crippen molar-refractivity contribution >= 4 is 16.9 Å². The maximum absolute atomic E-state index is 5.89. The van der Waals surface area contributed by atoms with Crippen LogP contribution >= 0.6 is 0 Å². The molecule has 0 saturated carbocycles. The largest absolute Gasteiger partial charge is 0.397 e. The van der Waals surface area contributed by atoms with Gasteiger partial charge in [-0.15, -0.1) is 0 Å². The summed E-state index contributed by atoms with van der Waals surface area (Å²) in [4.78, 5) is 11.9. The molecule has 0 aliphatic rings. The zero-order valence-electron chi connectivity index (χ0n) is 8.68. The number of anilines is 1. The van der Waals surface area contributed by atoms with E-state index < -0.39 is 0 Å². The third kappa shape index (κ3) is 1.14. The van der Waals surface area contributed by atoms with E-state index in [1.165, 1.54) is 0 Å². The van der Waals surface area contributed by atoms with E-state index in [1.807, 2.05) is 13.8 Å². The number of nitrogens with zero attached hydrogens (tertiary/aromatic N) is 2. The van der Waals surface area contributed by atoms with Gasteiger partial charge in [-0.25, -0.2) is 9.97 Å². The Balaban J connectivity index is 2.81. The zero-order chi connectivity index (χ0) is 10.3. The number of imidazole rings is 1. The number of H-pyrrole nitrogens is 1. The highest BCUT2D eigenvalue weighted by Gasteiger charge is 2.09. The van der Waals surface area contributed by atoms with Crippen molar-refractivity contribution in [3.63, 3.8) is 0 Å². The number of hydrogen-bond acceptors (Lipinski definition) is 3. The smallest absolute Gasteiger partial charge is 0.178 e. The lowest BCUT2D eigenvalue weighted by atomic mass is 10.2. The van der Waals surface area contributed by atoms with Crippen LogP contribution in [0.3, 0.4) is 0 Å². The minimum Gasteiger partial charge on any atom is -0.397 e. The zero-order valence-corrected chi connectivity index (χ0v) is 8.68. The predicted octanol–water partition coefficient (Wildman–Crippen LogP) is 1.72. The lowest BCUT2D eigenvalue weighted by molar-refractivity contribution is 0.996. The van der Waals surface area contributed by atoms with E-state index in [-0.39, 0.29) is 0 Å². The predicted molar refractivity (Wildman–Crippen MR) is 57.2 cm³/mol. The number of nitrogen functional groups attached to an aromatic ring is 1. The average Bonchev–Trinajstić information content (AvgIpc) is 2.57. The molecule has 0 amide bonds. The number of hydrogen-bond donors (Lipinski definition) is 2. The molecule has 0 aromatic carbocycles. The fourth-order valence-electron chi connectivity index (χ4n) is 1.55. The Morgan fingerprint density at radius 3 is 2.64 bits per heavy atom. The molecule has 2 aromatic heterocycles. The maximum atomic E-state index is 5.89. The van der Waals surface area contributed by atoms with Gasteiger partial charge in [-0.05, 0) is 13.8 Å². The molecule has 0 aliphatic carbocycles. The van der Waals surface area contributed by atoms with Crippen molar-refractivity contribution in [3.05, 3.63) is 17.1 Å². The molecular weight excluding hydrogens is 176 g/mol. The summed E-state index contributed by atoms with van der Waals surface area (Å²) in [6.07, 6.45) is 0.884. The Morgan fingerprint density at radius 2 is 2.00 bits per heavy atom. The molecule has 0 aliphatic heterocycles. The Bertz CT molecular complexity index is 484. The number of rotatable bonds is 1.